The van der Waals surface area contributed by atoms with E-state index in [1.807, 2.05) is 18.2 Å². The van der Waals surface area contributed by atoms with Crippen LogP contribution in [0.3, 0.4) is 0 Å². The van der Waals surface area contributed by atoms with Gasteiger partial charge in [-0.15, -0.1) is 0 Å². The number of hydrogen-bond acceptors (Lipinski definition) is 2. The monoisotopic (exact) mass is 333 g/mol. The molecule has 1 N–H and O–H groups in total. The van der Waals surface area contributed by atoms with E-state index in [0.29, 0.717) is 5.56 Å². The molecule has 1 aliphatic carbocycles. The number of carboxylic acid groups (broad SMARTS) is 1. The highest BCUT2D eigenvalue weighted by atomic mass is 79.9. The zero-order valence-electron chi connectivity index (χ0n) is 11.2. The van der Waals surface area contributed by atoms with Gasteiger partial charge in [-0.1, -0.05) is 34.8 Å². The third-order valence-corrected chi connectivity index (χ3v) is 4.43. The van der Waals surface area contributed by atoms with E-state index in [2.05, 4.69) is 15.9 Å². The topological polar surface area (TPSA) is 50.2 Å². The molecule has 1 heterocycles. The Labute approximate surface area is 126 Å². The summed E-state index contributed by atoms with van der Waals surface area (Å²) in [6.45, 7) is 0. The number of aromatic nitrogens is 1. The van der Waals surface area contributed by atoms with Crippen molar-refractivity contribution < 1.29 is 9.90 Å². The Morgan fingerprint density at radius 2 is 1.90 bits per heavy atom. The summed E-state index contributed by atoms with van der Waals surface area (Å²) in [5.74, 6) is -0.837. The summed E-state index contributed by atoms with van der Waals surface area (Å²) in [6, 6.07) is 5.64. The molecular weight excluding hydrogens is 318 g/mol. The quantitative estimate of drug-likeness (QED) is 0.843. The number of pyridine rings is 1. The Morgan fingerprint density at radius 3 is 2.65 bits per heavy atom. The fraction of sp³-hybridized carbons (Fsp3) is 0.375. The van der Waals surface area contributed by atoms with Crippen LogP contribution in [-0.2, 0) is 12.8 Å². The molecule has 1 aromatic heterocycles. The third-order valence-electron chi connectivity index (χ3n) is 3.94. The zero-order valence-corrected chi connectivity index (χ0v) is 12.7. The van der Waals surface area contributed by atoms with Crippen molar-refractivity contribution in [2.75, 3.05) is 0 Å². The first-order valence-corrected chi connectivity index (χ1v) is 7.80. The summed E-state index contributed by atoms with van der Waals surface area (Å²) >= 11 is 3.43. The maximum absolute atomic E-state index is 11.7. The molecule has 0 atom stereocenters. The molecule has 3 rings (SSSR count). The van der Waals surface area contributed by atoms with Gasteiger partial charge in [-0.3, -0.25) is 4.98 Å². The first kappa shape index (κ1) is 13.6. The number of carboxylic acids is 1. The van der Waals surface area contributed by atoms with Gasteiger partial charge in [0.05, 0.1) is 11.1 Å². The lowest BCUT2D eigenvalue weighted by molar-refractivity contribution is 0.0697. The van der Waals surface area contributed by atoms with E-state index in [1.165, 1.54) is 12.8 Å². The summed E-state index contributed by atoms with van der Waals surface area (Å²) in [6.07, 6.45) is 6.25. The molecule has 3 nitrogen and oxygen atoms in total. The highest BCUT2D eigenvalue weighted by Crippen LogP contribution is 2.29. The Balaban J connectivity index is 2.31. The van der Waals surface area contributed by atoms with Crippen molar-refractivity contribution in [2.45, 2.75) is 38.5 Å². The van der Waals surface area contributed by atoms with Crippen LogP contribution in [0.1, 0.15) is 47.3 Å². The van der Waals surface area contributed by atoms with Crippen molar-refractivity contribution in [3.8, 4) is 0 Å². The Kier molecular flexibility index (Phi) is 3.74. The van der Waals surface area contributed by atoms with E-state index in [4.69, 9.17) is 4.98 Å². The second-order valence-electron chi connectivity index (χ2n) is 5.29. The summed E-state index contributed by atoms with van der Waals surface area (Å²) in [7, 11) is 0. The van der Waals surface area contributed by atoms with Crippen LogP contribution in [0.25, 0.3) is 10.9 Å². The van der Waals surface area contributed by atoms with Crippen molar-refractivity contribution in [1.82, 2.24) is 4.98 Å². The van der Waals surface area contributed by atoms with Gasteiger partial charge < -0.3 is 5.11 Å². The van der Waals surface area contributed by atoms with Gasteiger partial charge in [-0.25, -0.2) is 4.79 Å². The molecule has 20 heavy (non-hydrogen) atoms. The number of aromatic carboxylic acids is 1. The van der Waals surface area contributed by atoms with Gasteiger partial charge in [-0.2, -0.15) is 0 Å². The smallest absolute Gasteiger partial charge is 0.336 e. The van der Waals surface area contributed by atoms with E-state index in [1.54, 1.807) is 0 Å². The summed E-state index contributed by atoms with van der Waals surface area (Å²) < 4.78 is 0.930. The normalized spacial score (nSPS) is 15.4. The molecule has 0 amide bonds. The number of hydrogen-bond donors (Lipinski definition) is 1. The second-order valence-corrected chi connectivity index (χ2v) is 6.21. The van der Waals surface area contributed by atoms with Crippen LogP contribution < -0.4 is 0 Å². The van der Waals surface area contributed by atoms with Crippen molar-refractivity contribution in [3.05, 3.63) is 39.5 Å². The van der Waals surface area contributed by atoms with Crippen LogP contribution in [0.2, 0.25) is 0 Å². The number of aryl methyl sites for hydroxylation is 1. The Bertz CT molecular complexity index is 682. The first-order valence-electron chi connectivity index (χ1n) is 7.01. The molecule has 1 aliphatic rings. The van der Waals surface area contributed by atoms with Gasteiger partial charge in [0.15, 0.2) is 0 Å². The van der Waals surface area contributed by atoms with Crippen LogP contribution >= 0.6 is 15.9 Å². The highest BCUT2D eigenvalue weighted by Gasteiger charge is 2.20. The van der Waals surface area contributed by atoms with Crippen LogP contribution in [0.15, 0.2) is 22.7 Å². The fourth-order valence-corrected chi connectivity index (χ4v) is 3.35. The molecular formula is C16H16BrNO2. The van der Waals surface area contributed by atoms with Gasteiger partial charge in [-0.05, 0) is 43.4 Å². The SMILES string of the molecule is O=C(O)c1c2c(nc3cc(Br)ccc13)CCCCCC2. The first-order chi connectivity index (χ1) is 9.66. The number of benzene rings is 1. The van der Waals surface area contributed by atoms with E-state index >= 15 is 0 Å². The van der Waals surface area contributed by atoms with Gasteiger partial charge >= 0.3 is 5.97 Å². The molecule has 0 aliphatic heterocycles. The fourth-order valence-electron chi connectivity index (χ4n) is 3.00. The molecule has 0 bridgehead atoms. The standard InChI is InChI=1S/C16H16BrNO2/c17-10-7-8-12-14(9-10)18-13-6-4-2-1-3-5-11(13)15(12)16(19)20/h7-9H,1-6H2,(H,19,20). The van der Waals surface area contributed by atoms with E-state index in [-0.39, 0.29) is 0 Å². The predicted octanol–water partition coefficient (Wildman–Crippen LogP) is 4.35. The van der Waals surface area contributed by atoms with Gasteiger partial charge in [0, 0.05) is 15.6 Å². The minimum absolute atomic E-state index is 0.458. The van der Waals surface area contributed by atoms with Crippen molar-refractivity contribution >= 4 is 32.8 Å². The minimum atomic E-state index is -0.837. The minimum Gasteiger partial charge on any atom is -0.478 e. The second kappa shape index (κ2) is 5.52. The van der Waals surface area contributed by atoms with Crippen LogP contribution in [0.5, 0.6) is 0 Å². The lowest BCUT2D eigenvalue weighted by atomic mass is 9.91. The molecule has 0 saturated carbocycles. The number of fused-ring (bicyclic) bond motifs is 2. The summed E-state index contributed by atoms with van der Waals surface area (Å²) in [5.41, 5.74) is 3.16. The van der Waals surface area contributed by atoms with Gasteiger partial charge in [0.1, 0.15) is 0 Å². The van der Waals surface area contributed by atoms with Crippen molar-refractivity contribution in [3.63, 3.8) is 0 Å². The number of halogens is 1. The number of carbonyl (C=O) groups is 1. The van der Waals surface area contributed by atoms with Gasteiger partial charge in [0.2, 0.25) is 0 Å². The number of rotatable bonds is 1. The lowest BCUT2D eigenvalue weighted by Gasteiger charge is -2.17. The number of nitrogens with zero attached hydrogens (tertiary/aromatic N) is 1. The zero-order chi connectivity index (χ0) is 14.1. The van der Waals surface area contributed by atoms with E-state index < -0.39 is 5.97 Å². The average Bonchev–Trinajstić information content (AvgIpc) is 2.38. The van der Waals surface area contributed by atoms with Crippen molar-refractivity contribution in [1.29, 1.82) is 0 Å². The van der Waals surface area contributed by atoms with E-state index in [9.17, 15) is 9.90 Å². The Morgan fingerprint density at radius 1 is 1.15 bits per heavy atom. The van der Waals surface area contributed by atoms with E-state index in [0.717, 1.165) is 52.3 Å². The van der Waals surface area contributed by atoms with Gasteiger partial charge in [0.25, 0.3) is 0 Å². The maximum atomic E-state index is 11.7. The molecule has 4 heteroatoms. The summed E-state index contributed by atoms with van der Waals surface area (Å²) in [5, 5.41) is 10.4. The highest BCUT2D eigenvalue weighted by molar-refractivity contribution is 9.10. The molecule has 2 aromatic rings. The molecule has 0 spiro atoms. The largest absolute Gasteiger partial charge is 0.478 e. The Hall–Kier alpha value is -1.42. The molecule has 0 saturated heterocycles. The van der Waals surface area contributed by atoms with Crippen LogP contribution in [0.4, 0.5) is 0 Å². The van der Waals surface area contributed by atoms with Crippen LogP contribution in [0, 0.1) is 0 Å². The summed E-state index contributed by atoms with van der Waals surface area (Å²) in [4.78, 5) is 16.5. The molecule has 104 valence electrons. The van der Waals surface area contributed by atoms with Crippen LogP contribution in [-0.4, -0.2) is 16.1 Å². The predicted molar refractivity (Wildman–Crippen MR) is 82.3 cm³/mol. The molecule has 0 fully saturated rings. The van der Waals surface area contributed by atoms with Crippen molar-refractivity contribution in [2.24, 2.45) is 0 Å². The third kappa shape index (κ3) is 2.44. The molecule has 0 radical (unpaired) electrons. The maximum Gasteiger partial charge on any atom is 0.336 e. The molecule has 1 aromatic carbocycles. The molecule has 0 unspecified atom stereocenters. The average molecular weight is 334 g/mol. The lowest BCUT2D eigenvalue weighted by Crippen LogP contribution is -2.11.